The van der Waals surface area contributed by atoms with Crippen LogP contribution in [-0.4, -0.2) is 17.3 Å². The number of aromatic hydroxyl groups is 1. The van der Waals surface area contributed by atoms with Gasteiger partial charge in [0.15, 0.2) is 0 Å². The number of aliphatic hydroxyl groups excluding tert-OH is 1. The molecule has 4 heteroatoms. The van der Waals surface area contributed by atoms with Crippen LogP contribution in [0.25, 0.3) is 0 Å². The second-order valence-corrected chi connectivity index (χ2v) is 5.35. The number of hydrogen-bond acceptors (Lipinski definition) is 4. The predicted molar refractivity (Wildman–Crippen MR) is 87.3 cm³/mol. The Morgan fingerprint density at radius 3 is 1.81 bits per heavy atom. The molecule has 0 heterocycles. The Morgan fingerprint density at radius 1 is 1.00 bits per heavy atom. The molecule has 0 aromatic heterocycles. The van der Waals surface area contributed by atoms with Crippen molar-refractivity contribution in [1.82, 2.24) is 0 Å². The smallest absolute Gasteiger partial charge is 0.118 e. The fraction of sp³-hybridized carbons (Fsp3) is 0.176. The summed E-state index contributed by atoms with van der Waals surface area (Å²) >= 11 is 1.65. The summed E-state index contributed by atoms with van der Waals surface area (Å²) < 4.78 is 5.09. The first-order chi connectivity index (χ1) is 10.0. The van der Waals surface area contributed by atoms with Crippen molar-refractivity contribution >= 4 is 11.8 Å². The first kappa shape index (κ1) is 17.0. The summed E-state index contributed by atoms with van der Waals surface area (Å²) in [6.07, 6.45) is 1.64. The van der Waals surface area contributed by atoms with Crippen LogP contribution in [0.15, 0.2) is 70.2 Å². The van der Waals surface area contributed by atoms with Crippen molar-refractivity contribution in [2.24, 2.45) is 0 Å². The Kier molecular flexibility index (Phi) is 7.26. The molecule has 0 saturated carbocycles. The molecule has 0 aliphatic heterocycles. The van der Waals surface area contributed by atoms with Crippen LogP contribution in [0.1, 0.15) is 13.8 Å². The molecule has 2 aromatic carbocycles. The summed E-state index contributed by atoms with van der Waals surface area (Å²) in [4.78, 5) is 2.24. The molecule has 2 N–H and O–H groups in total. The molecule has 0 saturated heterocycles. The van der Waals surface area contributed by atoms with E-state index in [1.54, 1.807) is 50.9 Å². The van der Waals surface area contributed by atoms with E-state index in [1.807, 2.05) is 36.4 Å². The van der Waals surface area contributed by atoms with Gasteiger partial charge in [-0.05, 0) is 62.4 Å². The van der Waals surface area contributed by atoms with E-state index >= 15 is 0 Å². The zero-order valence-corrected chi connectivity index (χ0v) is 13.2. The lowest BCUT2D eigenvalue weighted by Gasteiger charge is -2.03. The summed E-state index contributed by atoms with van der Waals surface area (Å²) in [7, 11) is 1.65. The molecule has 0 aliphatic carbocycles. The van der Waals surface area contributed by atoms with Crippen LogP contribution in [0.3, 0.4) is 0 Å². The van der Waals surface area contributed by atoms with Gasteiger partial charge in [-0.3, -0.25) is 0 Å². The van der Waals surface area contributed by atoms with E-state index in [0.29, 0.717) is 11.5 Å². The highest BCUT2D eigenvalue weighted by Gasteiger charge is 1.98. The van der Waals surface area contributed by atoms with Gasteiger partial charge in [-0.15, -0.1) is 0 Å². The zero-order chi connectivity index (χ0) is 15.7. The fourth-order valence-corrected chi connectivity index (χ4v) is 2.11. The van der Waals surface area contributed by atoms with Crippen LogP contribution in [0, 0.1) is 0 Å². The number of phenolic OH excluding ortho intramolecular Hbond substituents is 1. The maximum atomic E-state index is 9.17. The minimum Gasteiger partial charge on any atom is -0.513 e. The number of hydrogen-bond donors (Lipinski definition) is 2. The van der Waals surface area contributed by atoms with Crippen molar-refractivity contribution < 1.29 is 14.9 Å². The van der Waals surface area contributed by atoms with E-state index < -0.39 is 0 Å². The second kappa shape index (κ2) is 8.97. The van der Waals surface area contributed by atoms with Crippen LogP contribution >= 0.6 is 11.8 Å². The molecule has 0 radical (unpaired) electrons. The number of allylic oxidation sites excluding steroid dienone is 2. The molecular formula is C17H20O3S. The molecule has 0 spiro atoms. The predicted octanol–water partition coefficient (Wildman–Crippen LogP) is 5.02. The monoisotopic (exact) mass is 304 g/mol. The summed E-state index contributed by atoms with van der Waals surface area (Å²) in [6.45, 7) is 3.43. The number of benzene rings is 2. The molecular weight excluding hydrogens is 284 g/mol. The van der Waals surface area contributed by atoms with Gasteiger partial charge < -0.3 is 14.9 Å². The average Bonchev–Trinajstić information content (AvgIpc) is 2.51. The number of phenols is 1. The van der Waals surface area contributed by atoms with Crippen molar-refractivity contribution in [2.45, 2.75) is 23.6 Å². The van der Waals surface area contributed by atoms with E-state index in [1.165, 1.54) is 0 Å². The van der Waals surface area contributed by atoms with E-state index in [-0.39, 0.29) is 0 Å². The summed E-state index contributed by atoms with van der Waals surface area (Å²) in [5, 5.41) is 17.4. The van der Waals surface area contributed by atoms with Gasteiger partial charge in [0.1, 0.15) is 11.5 Å². The van der Waals surface area contributed by atoms with Gasteiger partial charge in [0.2, 0.25) is 0 Å². The van der Waals surface area contributed by atoms with Crippen LogP contribution in [-0.2, 0) is 0 Å². The topological polar surface area (TPSA) is 49.7 Å². The molecule has 2 rings (SSSR count). The summed E-state index contributed by atoms with van der Waals surface area (Å²) in [6, 6.07) is 15.0. The first-order valence-corrected chi connectivity index (χ1v) is 7.29. The number of aliphatic hydroxyl groups is 1. The van der Waals surface area contributed by atoms with Crippen molar-refractivity contribution in [2.75, 3.05) is 7.11 Å². The van der Waals surface area contributed by atoms with Gasteiger partial charge >= 0.3 is 0 Å². The molecule has 112 valence electrons. The molecule has 0 fully saturated rings. The minimum absolute atomic E-state index is 0.291. The Balaban J connectivity index is 0.000000383. The lowest BCUT2D eigenvalue weighted by Crippen LogP contribution is -1.81. The molecule has 3 nitrogen and oxygen atoms in total. The first-order valence-electron chi connectivity index (χ1n) is 6.48. The van der Waals surface area contributed by atoms with Gasteiger partial charge in [0, 0.05) is 9.79 Å². The van der Waals surface area contributed by atoms with Crippen LogP contribution < -0.4 is 4.74 Å². The quantitative estimate of drug-likeness (QED) is 0.782. The SMILES string of the molecule is C/C=C(\C)O.COc1ccc(Sc2ccc(O)cc2)cc1. The highest BCUT2D eigenvalue weighted by atomic mass is 32.2. The maximum absolute atomic E-state index is 9.17. The van der Waals surface area contributed by atoms with Crippen LogP contribution in [0.4, 0.5) is 0 Å². The molecule has 0 unspecified atom stereocenters. The zero-order valence-electron chi connectivity index (χ0n) is 12.4. The standard InChI is InChI=1S/C13H12O2S.C4H8O/c1-15-11-4-8-13(9-5-11)16-12-6-2-10(14)3-7-12;1-3-4(2)5/h2-9,14H,1H3;3,5H,1-2H3/b;4-3+. The van der Waals surface area contributed by atoms with Crippen molar-refractivity contribution in [3.8, 4) is 11.5 Å². The summed E-state index contributed by atoms with van der Waals surface area (Å²) in [5.41, 5.74) is 0. The average molecular weight is 304 g/mol. The third-order valence-corrected chi connectivity index (χ3v) is 3.57. The Hall–Kier alpha value is -2.07. The van der Waals surface area contributed by atoms with E-state index in [0.717, 1.165) is 15.5 Å². The van der Waals surface area contributed by atoms with E-state index in [9.17, 15) is 0 Å². The lowest BCUT2D eigenvalue weighted by atomic mass is 10.3. The molecule has 2 aromatic rings. The van der Waals surface area contributed by atoms with Crippen molar-refractivity contribution in [3.05, 3.63) is 60.4 Å². The highest BCUT2D eigenvalue weighted by Crippen LogP contribution is 2.29. The molecule has 0 bridgehead atoms. The fourth-order valence-electron chi connectivity index (χ4n) is 1.29. The van der Waals surface area contributed by atoms with Gasteiger partial charge in [-0.25, -0.2) is 0 Å². The van der Waals surface area contributed by atoms with Gasteiger partial charge in [0.05, 0.1) is 12.9 Å². The highest BCUT2D eigenvalue weighted by molar-refractivity contribution is 7.99. The van der Waals surface area contributed by atoms with Crippen molar-refractivity contribution in [1.29, 1.82) is 0 Å². The van der Waals surface area contributed by atoms with Gasteiger partial charge in [-0.2, -0.15) is 0 Å². The molecule has 0 amide bonds. The third kappa shape index (κ3) is 6.77. The third-order valence-electron chi connectivity index (χ3n) is 2.55. The van der Waals surface area contributed by atoms with E-state index in [4.69, 9.17) is 14.9 Å². The molecule has 21 heavy (non-hydrogen) atoms. The van der Waals surface area contributed by atoms with Gasteiger partial charge in [0.25, 0.3) is 0 Å². The van der Waals surface area contributed by atoms with Crippen LogP contribution in [0.2, 0.25) is 0 Å². The Bertz CT molecular complexity index is 556. The van der Waals surface area contributed by atoms with Crippen LogP contribution in [0.5, 0.6) is 11.5 Å². The maximum Gasteiger partial charge on any atom is 0.118 e. The summed E-state index contributed by atoms with van der Waals surface area (Å²) in [5.74, 6) is 1.53. The Morgan fingerprint density at radius 2 is 1.43 bits per heavy atom. The second-order valence-electron chi connectivity index (χ2n) is 4.20. The molecule has 0 aliphatic rings. The van der Waals surface area contributed by atoms with Gasteiger partial charge in [-0.1, -0.05) is 17.8 Å². The number of methoxy groups -OCH3 is 1. The lowest BCUT2D eigenvalue weighted by molar-refractivity contribution is 0.413. The number of ether oxygens (including phenoxy) is 1. The Labute approximate surface area is 129 Å². The largest absolute Gasteiger partial charge is 0.513 e. The normalized spacial score (nSPS) is 10.5. The van der Waals surface area contributed by atoms with E-state index in [2.05, 4.69) is 0 Å². The minimum atomic E-state index is 0.291. The van der Waals surface area contributed by atoms with Crippen molar-refractivity contribution in [3.63, 3.8) is 0 Å². The molecule has 0 atom stereocenters. The number of rotatable bonds is 3.